The zero-order valence-electron chi connectivity index (χ0n) is 13.8. The Hall–Kier alpha value is -2.34. The van der Waals surface area contributed by atoms with Gasteiger partial charge in [0.25, 0.3) is 5.91 Å². The predicted molar refractivity (Wildman–Crippen MR) is 95.4 cm³/mol. The normalized spacial score (nSPS) is 10.8. The van der Waals surface area contributed by atoms with Gasteiger partial charge in [-0.2, -0.15) is 0 Å². The van der Waals surface area contributed by atoms with Crippen LogP contribution >= 0.6 is 15.9 Å². The average molecular weight is 388 g/mol. The molecule has 0 bridgehead atoms. The average Bonchev–Trinajstić information content (AvgIpc) is 3.08. The van der Waals surface area contributed by atoms with E-state index >= 15 is 0 Å². The number of aromatic nitrogens is 2. The molecule has 1 amide bonds. The number of rotatable bonds is 4. The van der Waals surface area contributed by atoms with Gasteiger partial charge in [-0.25, -0.2) is 0 Å². The highest BCUT2D eigenvalue weighted by molar-refractivity contribution is 9.10. The Kier molecular flexibility index (Phi) is 4.57. The first-order chi connectivity index (χ1) is 11.5. The third-order valence-electron chi connectivity index (χ3n) is 3.86. The highest BCUT2D eigenvalue weighted by Gasteiger charge is 2.18. The topological polar surface area (TPSA) is 60.1 Å². The summed E-state index contributed by atoms with van der Waals surface area (Å²) in [7, 11) is 0. The molecular weight excluding hydrogens is 370 g/mol. The molecule has 1 N–H and O–H groups in total. The third kappa shape index (κ3) is 3.28. The van der Waals surface area contributed by atoms with Crippen LogP contribution in [-0.2, 0) is 6.54 Å². The molecule has 0 radical (unpaired) electrons. The number of nitrogens with zero attached hydrogens (tertiary/aromatic N) is 2. The van der Waals surface area contributed by atoms with E-state index in [1.54, 1.807) is 0 Å². The highest BCUT2D eigenvalue weighted by Crippen LogP contribution is 2.21. The van der Waals surface area contributed by atoms with Gasteiger partial charge in [0.15, 0.2) is 5.82 Å². The Morgan fingerprint density at radius 2 is 2.04 bits per heavy atom. The van der Waals surface area contributed by atoms with Crippen LogP contribution in [0.15, 0.2) is 45.4 Å². The minimum atomic E-state index is -0.102. The van der Waals surface area contributed by atoms with Crippen LogP contribution in [0.5, 0.6) is 0 Å². The molecular formula is C18H18BrN3O2. The number of amides is 1. The van der Waals surface area contributed by atoms with Crippen LogP contribution in [0.3, 0.4) is 0 Å². The molecule has 0 saturated carbocycles. The minimum absolute atomic E-state index is 0.102. The summed E-state index contributed by atoms with van der Waals surface area (Å²) in [5, 5.41) is 7.00. The molecule has 124 valence electrons. The number of hydrogen-bond acceptors (Lipinski definition) is 3. The summed E-state index contributed by atoms with van der Waals surface area (Å²) in [4.78, 5) is 12.5. The molecule has 6 heteroatoms. The standard InChI is InChI=1S/C18H18BrN3O2/c1-11-7-16(13(3)22(11)17-8-12(2)24-21-17)18(23)20-10-14-5-4-6-15(19)9-14/h4-9H,10H2,1-3H3,(H,20,23). The fraction of sp³-hybridized carbons (Fsp3) is 0.222. The van der Waals surface area contributed by atoms with Crippen molar-refractivity contribution in [2.45, 2.75) is 27.3 Å². The molecule has 0 spiro atoms. The summed E-state index contributed by atoms with van der Waals surface area (Å²) in [5.74, 6) is 1.32. The van der Waals surface area contributed by atoms with E-state index in [1.165, 1.54) is 0 Å². The molecule has 0 atom stereocenters. The Balaban J connectivity index is 1.81. The molecule has 0 aliphatic carbocycles. The monoisotopic (exact) mass is 387 g/mol. The molecule has 24 heavy (non-hydrogen) atoms. The number of carbonyl (C=O) groups is 1. The quantitative estimate of drug-likeness (QED) is 0.733. The Bertz CT molecular complexity index is 896. The van der Waals surface area contributed by atoms with E-state index < -0.39 is 0 Å². The summed E-state index contributed by atoms with van der Waals surface area (Å²) in [5.41, 5.74) is 3.46. The van der Waals surface area contributed by atoms with Crippen LogP contribution in [0, 0.1) is 20.8 Å². The maximum atomic E-state index is 12.5. The van der Waals surface area contributed by atoms with Crippen molar-refractivity contribution in [3.63, 3.8) is 0 Å². The minimum Gasteiger partial charge on any atom is -0.360 e. The van der Waals surface area contributed by atoms with E-state index in [1.807, 2.05) is 61.7 Å². The Labute approximate surface area is 148 Å². The molecule has 2 aromatic heterocycles. The summed E-state index contributed by atoms with van der Waals surface area (Å²) in [6.45, 7) is 6.18. The number of benzene rings is 1. The van der Waals surface area contributed by atoms with E-state index in [4.69, 9.17) is 4.52 Å². The van der Waals surface area contributed by atoms with Crippen LogP contribution < -0.4 is 5.32 Å². The van der Waals surface area contributed by atoms with Crippen molar-refractivity contribution < 1.29 is 9.32 Å². The van der Waals surface area contributed by atoms with Crippen LogP contribution in [-0.4, -0.2) is 15.6 Å². The molecule has 1 aromatic carbocycles. The van der Waals surface area contributed by atoms with Crippen LogP contribution in [0.25, 0.3) is 5.82 Å². The molecule has 2 heterocycles. The lowest BCUT2D eigenvalue weighted by Crippen LogP contribution is -2.23. The predicted octanol–water partition coefficient (Wildman–Crippen LogP) is 4.08. The van der Waals surface area contributed by atoms with Crippen molar-refractivity contribution in [2.24, 2.45) is 0 Å². The summed E-state index contributed by atoms with van der Waals surface area (Å²) in [6.07, 6.45) is 0. The second kappa shape index (κ2) is 6.65. The maximum absolute atomic E-state index is 12.5. The van der Waals surface area contributed by atoms with Gasteiger partial charge in [0.05, 0.1) is 5.56 Å². The smallest absolute Gasteiger partial charge is 0.253 e. The van der Waals surface area contributed by atoms with Crippen molar-refractivity contribution in [3.05, 3.63) is 69.1 Å². The van der Waals surface area contributed by atoms with Gasteiger partial charge in [0.2, 0.25) is 0 Å². The van der Waals surface area contributed by atoms with Crippen molar-refractivity contribution >= 4 is 21.8 Å². The molecule has 0 aliphatic heterocycles. The van der Waals surface area contributed by atoms with E-state index in [2.05, 4.69) is 26.4 Å². The highest BCUT2D eigenvalue weighted by atomic mass is 79.9. The number of carbonyl (C=O) groups excluding carboxylic acids is 1. The fourth-order valence-corrected chi connectivity index (χ4v) is 3.18. The number of aryl methyl sites for hydroxylation is 2. The second-order valence-corrected chi connectivity index (χ2v) is 6.64. The lowest BCUT2D eigenvalue weighted by atomic mass is 10.2. The van der Waals surface area contributed by atoms with Crippen LogP contribution in [0.4, 0.5) is 0 Å². The largest absolute Gasteiger partial charge is 0.360 e. The first kappa shape index (κ1) is 16.5. The van der Waals surface area contributed by atoms with Crippen molar-refractivity contribution in [3.8, 4) is 5.82 Å². The van der Waals surface area contributed by atoms with Gasteiger partial charge in [0, 0.05) is 28.5 Å². The summed E-state index contributed by atoms with van der Waals surface area (Å²) in [6, 6.07) is 11.6. The third-order valence-corrected chi connectivity index (χ3v) is 4.36. The van der Waals surface area contributed by atoms with Crippen molar-refractivity contribution in [1.82, 2.24) is 15.0 Å². The molecule has 3 rings (SSSR count). The molecule has 0 fully saturated rings. The molecule has 0 unspecified atom stereocenters. The van der Waals surface area contributed by atoms with Gasteiger partial charge >= 0.3 is 0 Å². The van der Waals surface area contributed by atoms with Crippen molar-refractivity contribution in [1.29, 1.82) is 0 Å². The summed E-state index contributed by atoms with van der Waals surface area (Å²) < 4.78 is 8.05. The molecule has 5 nitrogen and oxygen atoms in total. The second-order valence-electron chi connectivity index (χ2n) is 5.73. The number of nitrogens with one attached hydrogen (secondary N) is 1. The first-order valence-electron chi connectivity index (χ1n) is 7.61. The lowest BCUT2D eigenvalue weighted by Gasteiger charge is -2.07. The SMILES string of the molecule is Cc1cc(-n2c(C)cc(C(=O)NCc3cccc(Br)c3)c2C)no1. The van der Waals surface area contributed by atoms with Gasteiger partial charge < -0.3 is 9.84 Å². The van der Waals surface area contributed by atoms with E-state index in [0.717, 1.165) is 27.2 Å². The zero-order valence-corrected chi connectivity index (χ0v) is 15.3. The zero-order chi connectivity index (χ0) is 17.3. The van der Waals surface area contributed by atoms with Crippen molar-refractivity contribution in [2.75, 3.05) is 0 Å². The lowest BCUT2D eigenvalue weighted by molar-refractivity contribution is 0.0950. The van der Waals surface area contributed by atoms with E-state index in [0.29, 0.717) is 17.9 Å². The first-order valence-corrected chi connectivity index (χ1v) is 8.40. The van der Waals surface area contributed by atoms with Crippen LogP contribution in [0.2, 0.25) is 0 Å². The fourth-order valence-electron chi connectivity index (χ4n) is 2.73. The number of halogens is 1. The van der Waals surface area contributed by atoms with Crippen LogP contribution in [0.1, 0.15) is 33.1 Å². The van der Waals surface area contributed by atoms with Gasteiger partial charge in [-0.3, -0.25) is 9.36 Å². The Morgan fingerprint density at radius 1 is 1.25 bits per heavy atom. The summed E-state index contributed by atoms with van der Waals surface area (Å²) >= 11 is 3.43. The van der Waals surface area contributed by atoms with E-state index in [9.17, 15) is 4.79 Å². The number of hydrogen-bond donors (Lipinski definition) is 1. The van der Waals surface area contributed by atoms with Gasteiger partial charge in [-0.15, -0.1) is 0 Å². The van der Waals surface area contributed by atoms with Gasteiger partial charge in [-0.05, 0) is 44.5 Å². The molecule has 3 aromatic rings. The maximum Gasteiger partial charge on any atom is 0.253 e. The van der Waals surface area contributed by atoms with Gasteiger partial charge in [0.1, 0.15) is 5.76 Å². The Morgan fingerprint density at radius 3 is 2.71 bits per heavy atom. The van der Waals surface area contributed by atoms with E-state index in [-0.39, 0.29) is 5.91 Å². The molecule has 0 aliphatic rings. The molecule has 0 saturated heterocycles. The van der Waals surface area contributed by atoms with Gasteiger partial charge in [-0.1, -0.05) is 33.2 Å².